The van der Waals surface area contributed by atoms with E-state index < -0.39 is 7.59 Å². The van der Waals surface area contributed by atoms with E-state index in [1.807, 2.05) is 62.4 Å². The monoisotopic (exact) mass is 303 g/mol. The van der Waals surface area contributed by atoms with Crippen molar-refractivity contribution in [2.75, 3.05) is 24.3 Å². The molecule has 0 atom stereocenters. The molecule has 2 aromatic carbocycles. The molecule has 0 bridgehead atoms. The van der Waals surface area contributed by atoms with Gasteiger partial charge in [-0.2, -0.15) is 0 Å². The lowest BCUT2D eigenvalue weighted by molar-refractivity contribution is 0.524. The molecule has 0 aliphatic heterocycles. The third-order valence-electron chi connectivity index (χ3n) is 3.23. The van der Waals surface area contributed by atoms with E-state index in [0.717, 1.165) is 11.4 Å². The van der Waals surface area contributed by atoms with Crippen molar-refractivity contribution in [2.24, 2.45) is 0 Å². The van der Waals surface area contributed by atoms with Crippen LogP contribution in [0.2, 0.25) is 0 Å². The van der Waals surface area contributed by atoms with Gasteiger partial charge in [0, 0.05) is 11.4 Å². The smallest absolute Gasteiger partial charge is 0.308 e. The van der Waals surface area contributed by atoms with E-state index in [9.17, 15) is 4.57 Å². The summed E-state index contributed by atoms with van der Waals surface area (Å²) in [4.78, 5) is 0. The minimum Gasteiger partial charge on any atom is -0.308 e. The van der Waals surface area contributed by atoms with Gasteiger partial charge >= 0.3 is 7.59 Å². The Bertz CT molecular complexity index is 584. The van der Waals surface area contributed by atoms with E-state index in [-0.39, 0.29) is 0 Å². The van der Waals surface area contributed by atoms with Crippen molar-refractivity contribution in [1.29, 1.82) is 0 Å². The van der Waals surface area contributed by atoms with Gasteiger partial charge in [-0.15, -0.1) is 0 Å². The lowest BCUT2D eigenvalue weighted by Crippen LogP contribution is -2.20. The first-order valence-electron chi connectivity index (χ1n) is 6.87. The maximum absolute atomic E-state index is 13.1. The zero-order chi connectivity index (χ0) is 15.5. The molecule has 112 valence electrons. The largest absolute Gasteiger partial charge is 0.330 e. The van der Waals surface area contributed by atoms with E-state index in [0.29, 0.717) is 0 Å². The average molecular weight is 303 g/mol. The number of rotatable bonds is 5. The highest BCUT2D eigenvalue weighted by Gasteiger charge is 2.25. The second-order valence-corrected chi connectivity index (χ2v) is 7.78. The molecular formula is C16H22N3OP. The third kappa shape index (κ3) is 4.10. The molecule has 4 nitrogen and oxygen atoms in total. The van der Waals surface area contributed by atoms with Crippen molar-refractivity contribution < 1.29 is 4.57 Å². The summed E-state index contributed by atoms with van der Waals surface area (Å²) in [5.41, 5.74) is 4.01. The molecule has 21 heavy (non-hydrogen) atoms. The maximum Gasteiger partial charge on any atom is 0.330 e. The van der Waals surface area contributed by atoms with Crippen molar-refractivity contribution in [3.63, 3.8) is 0 Å². The Hall–Kier alpha value is -1.77. The molecule has 0 radical (unpaired) electrons. The number of nitrogens with one attached hydrogen (secondary N) is 2. The lowest BCUT2D eigenvalue weighted by atomic mass is 10.2. The number of hydrogen-bond donors (Lipinski definition) is 2. The molecule has 0 unspecified atom stereocenters. The van der Waals surface area contributed by atoms with E-state index in [1.54, 1.807) is 18.8 Å². The molecule has 0 heterocycles. The third-order valence-corrected chi connectivity index (χ3v) is 5.48. The van der Waals surface area contributed by atoms with Crippen molar-refractivity contribution in [2.45, 2.75) is 13.8 Å². The summed E-state index contributed by atoms with van der Waals surface area (Å²) in [7, 11) is 0.658. The fourth-order valence-corrected chi connectivity index (χ4v) is 3.29. The number of nitrogens with zero attached hydrogens (tertiary/aromatic N) is 1. The van der Waals surface area contributed by atoms with Crippen LogP contribution < -0.4 is 10.2 Å². The molecule has 2 rings (SSSR count). The average Bonchev–Trinajstić information content (AvgIpc) is 2.44. The normalized spacial score (nSPS) is 11.5. The minimum absolute atomic E-state index is 0.831. The van der Waals surface area contributed by atoms with Gasteiger partial charge in [0.05, 0.1) is 0 Å². The summed E-state index contributed by atoms with van der Waals surface area (Å²) in [5, 5.41) is 6.23. The minimum atomic E-state index is -2.93. The Morgan fingerprint density at radius 3 is 1.38 bits per heavy atom. The fraction of sp³-hybridized carbons (Fsp3) is 0.250. The number of hydrogen-bond acceptors (Lipinski definition) is 1. The van der Waals surface area contributed by atoms with Crippen LogP contribution in [0.15, 0.2) is 48.5 Å². The van der Waals surface area contributed by atoms with Gasteiger partial charge in [-0.1, -0.05) is 35.4 Å². The quantitative estimate of drug-likeness (QED) is 0.798. The Morgan fingerprint density at radius 2 is 1.10 bits per heavy atom. The highest BCUT2D eigenvalue weighted by molar-refractivity contribution is 7.64. The van der Waals surface area contributed by atoms with Gasteiger partial charge in [0.15, 0.2) is 0 Å². The van der Waals surface area contributed by atoms with Gasteiger partial charge in [0.25, 0.3) is 0 Å². The van der Waals surface area contributed by atoms with Gasteiger partial charge in [-0.05, 0) is 52.2 Å². The van der Waals surface area contributed by atoms with Crippen LogP contribution in [-0.4, -0.2) is 18.8 Å². The van der Waals surface area contributed by atoms with Crippen molar-refractivity contribution in [1.82, 2.24) is 4.67 Å². The second kappa shape index (κ2) is 6.33. The molecule has 0 aliphatic carbocycles. The van der Waals surface area contributed by atoms with E-state index in [2.05, 4.69) is 10.2 Å². The summed E-state index contributed by atoms with van der Waals surface area (Å²) >= 11 is 0. The van der Waals surface area contributed by atoms with Crippen molar-refractivity contribution >= 4 is 19.0 Å². The van der Waals surface area contributed by atoms with Crippen LogP contribution in [0.1, 0.15) is 11.1 Å². The molecule has 0 saturated heterocycles. The Balaban J connectivity index is 2.21. The number of benzene rings is 2. The highest BCUT2D eigenvalue weighted by atomic mass is 31.2. The van der Waals surface area contributed by atoms with Gasteiger partial charge in [0.2, 0.25) is 0 Å². The summed E-state index contributed by atoms with van der Waals surface area (Å²) < 4.78 is 14.8. The van der Waals surface area contributed by atoms with Gasteiger partial charge in [-0.3, -0.25) is 4.57 Å². The molecule has 2 N–H and O–H groups in total. The molecule has 2 aromatic rings. The predicted molar refractivity (Wildman–Crippen MR) is 90.9 cm³/mol. The fourth-order valence-electron chi connectivity index (χ4n) is 1.83. The van der Waals surface area contributed by atoms with E-state index >= 15 is 0 Å². The Kier molecular flexibility index (Phi) is 4.71. The van der Waals surface area contributed by atoms with Crippen LogP contribution in [0.4, 0.5) is 11.4 Å². The molecule has 0 aromatic heterocycles. The lowest BCUT2D eigenvalue weighted by Gasteiger charge is -2.27. The van der Waals surface area contributed by atoms with Crippen LogP contribution in [0.25, 0.3) is 0 Å². The topological polar surface area (TPSA) is 44.4 Å². The molecule has 0 saturated carbocycles. The molecule has 0 amide bonds. The molecule has 0 fully saturated rings. The van der Waals surface area contributed by atoms with Crippen LogP contribution in [0.5, 0.6) is 0 Å². The van der Waals surface area contributed by atoms with Crippen molar-refractivity contribution in [3.05, 3.63) is 59.7 Å². The second-order valence-electron chi connectivity index (χ2n) is 5.38. The maximum atomic E-state index is 13.1. The first-order chi connectivity index (χ1) is 9.89. The predicted octanol–water partition coefficient (Wildman–Crippen LogP) is 4.50. The summed E-state index contributed by atoms with van der Waals surface area (Å²) in [6, 6.07) is 15.7. The van der Waals surface area contributed by atoms with Gasteiger partial charge in [0.1, 0.15) is 0 Å². The van der Waals surface area contributed by atoms with Gasteiger partial charge in [-0.25, -0.2) is 4.67 Å². The zero-order valence-electron chi connectivity index (χ0n) is 12.9. The Labute approximate surface area is 126 Å². The van der Waals surface area contributed by atoms with Crippen LogP contribution in [0.3, 0.4) is 0 Å². The SMILES string of the molecule is Cc1ccc(NP(=O)(Nc2ccc(C)cc2)N(C)C)cc1. The van der Waals surface area contributed by atoms with E-state index in [1.165, 1.54) is 11.1 Å². The van der Waals surface area contributed by atoms with Crippen LogP contribution in [-0.2, 0) is 4.57 Å². The summed E-state index contributed by atoms with van der Waals surface area (Å²) in [6.45, 7) is 4.06. The molecule has 0 spiro atoms. The first kappa shape index (κ1) is 15.6. The molecule has 0 aliphatic rings. The van der Waals surface area contributed by atoms with Gasteiger partial charge < -0.3 is 10.2 Å². The summed E-state index contributed by atoms with van der Waals surface area (Å²) in [5.74, 6) is 0. The number of anilines is 2. The van der Waals surface area contributed by atoms with Crippen LogP contribution >= 0.6 is 7.59 Å². The molecular weight excluding hydrogens is 281 g/mol. The number of aryl methyl sites for hydroxylation is 2. The van der Waals surface area contributed by atoms with Crippen LogP contribution in [0, 0.1) is 13.8 Å². The summed E-state index contributed by atoms with van der Waals surface area (Å²) in [6.07, 6.45) is 0. The zero-order valence-corrected chi connectivity index (χ0v) is 13.8. The van der Waals surface area contributed by atoms with Crippen molar-refractivity contribution in [3.8, 4) is 0 Å². The first-order valence-corrected chi connectivity index (χ1v) is 8.53. The van der Waals surface area contributed by atoms with E-state index in [4.69, 9.17) is 0 Å². The Morgan fingerprint density at radius 1 is 0.762 bits per heavy atom. The highest BCUT2D eigenvalue weighted by Crippen LogP contribution is 2.47. The molecule has 5 heteroatoms. The standard InChI is InChI=1S/C16H22N3OP/c1-13-5-9-15(10-6-13)17-21(20,19(3)4)18-16-11-7-14(2)8-12-16/h5-12H,1-4H3,(H2,17,18,20).